The Bertz CT molecular complexity index is 310. The highest BCUT2D eigenvalue weighted by Gasteiger charge is 2.24. The van der Waals surface area contributed by atoms with Crippen LogP contribution in [-0.2, 0) is 0 Å². The van der Waals surface area contributed by atoms with Crippen molar-refractivity contribution < 1.29 is 4.74 Å². The summed E-state index contributed by atoms with van der Waals surface area (Å²) in [6, 6.07) is 5.80. The van der Waals surface area contributed by atoms with Gasteiger partial charge in [-0.05, 0) is 37.3 Å². The third kappa shape index (κ3) is 2.32. The van der Waals surface area contributed by atoms with E-state index in [9.17, 15) is 0 Å². The Morgan fingerprint density at radius 2 is 2.23 bits per heavy atom. The van der Waals surface area contributed by atoms with Crippen LogP contribution in [0.25, 0.3) is 0 Å². The minimum atomic E-state index is 0.435. The molecule has 0 bridgehead atoms. The average Bonchev–Trinajstić information content (AvgIpc) is 2.89. The normalized spacial score (nSPS) is 15.8. The van der Waals surface area contributed by atoms with Gasteiger partial charge in [0.2, 0.25) is 0 Å². The second kappa shape index (κ2) is 3.81. The van der Waals surface area contributed by atoms with Gasteiger partial charge in [0.25, 0.3) is 0 Å². The molecule has 0 N–H and O–H groups in total. The first kappa shape index (κ1) is 9.22. The van der Waals surface area contributed by atoms with Gasteiger partial charge in [-0.1, -0.05) is 11.6 Å². The molecule has 1 aromatic carbocycles. The minimum absolute atomic E-state index is 0.435. The number of halogens is 1. The molecule has 0 atom stereocenters. The summed E-state index contributed by atoms with van der Waals surface area (Å²) in [6.45, 7) is 0. The first-order chi connectivity index (χ1) is 6.29. The highest BCUT2D eigenvalue weighted by Crippen LogP contribution is 2.35. The van der Waals surface area contributed by atoms with Crippen molar-refractivity contribution in [3.63, 3.8) is 0 Å². The van der Waals surface area contributed by atoms with Gasteiger partial charge in [0.05, 0.1) is 6.10 Å². The van der Waals surface area contributed by atoms with Crippen molar-refractivity contribution in [2.75, 3.05) is 6.26 Å². The van der Waals surface area contributed by atoms with Crippen molar-refractivity contribution in [3.05, 3.63) is 23.2 Å². The fourth-order valence-corrected chi connectivity index (χ4v) is 1.78. The van der Waals surface area contributed by atoms with Crippen LogP contribution >= 0.6 is 23.4 Å². The molecule has 1 saturated carbocycles. The van der Waals surface area contributed by atoms with Gasteiger partial charge in [-0.2, -0.15) is 0 Å². The molecule has 0 amide bonds. The van der Waals surface area contributed by atoms with Crippen molar-refractivity contribution >= 4 is 23.4 Å². The van der Waals surface area contributed by atoms with Gasteiger partial charge in [-0.15, -0.1) is 11.8 Å². The van der Waals surface area contributed by atoms with Gasteiger partial charge in [0.15, 0.2) is 0 Å². The highest BCUT2D eigenvalue weighted by molar-refractivity contribution is 7.98. The molecule has 0 heterocycles. The number of benzene rings is 1. The molecule has 0 spiro atoms. The molecule has 2 rings (SSSR count). The molecule has 0 aromatic heterocycles. The third-order valence-corrected chi connectivity index (χ3v) is 2.96. The van der Waals surface area contributed by atoms with E-state index in [4.69, 9.17) is 16.3 Å². The number of hydrogen-bond donors (Lipinski definition) is 0. The molecule has 1 aromatic rings. The van der Waals surface area contributed by atoms with Crippen molar-refractivity contribution in [2.24, 2.45) is 0 Å². The molecule has 0 unspecified atom stereocenters. The SMILES string of the molecule is CSc1ccc(Cl)cc1OC1CC1. The lowest BCUT2D eigenvalue weighted by Crippen LogP contribution is -1.96. The second-order valence-corrected chi connectivity index (χ2v) is 4.40. The summed E-state index contributed by atoms with van der Waals surface area (Å²) < 4.78 is 5.72. The molecule has 0 radical (unpaired) electrons. The van der Waals surface area contributed by atoms with Gasteiger partial charge < -0.3 is 4.74 Å². The Morgan fingerprint density at radius 1 is 1.46 bits per heavy atom. The van der Waals surface area contributed by atoms with E-state index < -0.39 is 0 Å². The van der Waals surface area contributed by atoms with E-state index in [-0.39, 0.29) is 0 Å². The molecular formula is C10H11ClOS. The molecule has 1 nitrogen and oxygen atoms in total. The zero-order valence-corrected chi connectivity index (χ0v) is 8.99. The molecule has 1 aliphatic carbocycles. The Labute approximate surface area is 87.4 Å². The van der Waals surface area contributed by atoms with Crippen LogP contribution in [0.5, 0.6) is 5.75 Å². The summed E-state index contributed by atoms with van der Waals surface area (Å²) in [7, 11) is 0. The quantitative estimate of drug-likeness (QED) is 0.711. The number of ether oxygens (including phenoxy) is 1. The summed E-state index contributed by atoms with van der Waals surface area (Å²) in [5.74, 6) is 0.933. The third-order valence-electron chi connectivity index (χ3n) is 1.94. The summed E-state index contributed by atoms with van der Waals surface area (Å²) in [4.78, 5) is 1.16. The monoisotopic (exact) mass is 214 g/mol. The van der Waals surface area contributed by atoms with Crippen LogP contribution in [0, 0.1) is 0 Å². The first-order valence-corrected chi connectivity index (χ1v) is 5.90. The molecule has 0 aliphatic heterocycles. The summed E-state index contributed by atoms with van der Waals surface area (Å²) in [5.41, 5.74) is 0. The molecule has 13 heavy (non-hydrogen) atoms. The van der Waals surface area contributed by atoms with Crippen LogP contribution in [0.4, 0.5) is 0 Å². The van der Waals surface area contributed by atoms with Crippen molar-refractivity contribution in [1.82, 2.24) is 0 Å². The smallest absolute Gasteiger partial charge is 0.134 e. The van der Waals surface area contributed by atoms with Gasteiger partial charge >= 0.3 is 0 Å². The van der Waals surface area contributed by atoms with Crippen LogP contribution in [-0.4, -0.2) is 12.4 Å². The fourth-order valence-electron chi connectivity index (χ4n) is 1.11. The average molecular weight is 215 g/mol. The number of hydrogen-bond acceptors (Lipinski definition) is 2. The van der Waals surface area contributed by atoms with Gasteiger partial charge in [-0.25, -0.2) is 0 Å². The maximum Gasteiger partial charge on any atom is 0.134 e. The summed E-state index contributed by atoms with van der Waals surface area (Å²) >= 11 is 7.58. The summed E-state index contributed by atoms with van der Waals surface area (Å²) in [6.07, 6.45) is 4.84. The number of thioether (sulfide) groups is 1. The topological polar surface area (TPSA) is 9.23 Å². The Morgan fingerprint density at radius 3 is 2.85 bits per heavy atom. The lowest BCUT2D eigenvalue weighted by molar-refractivity contribution is 0.296. The van der Waals surface area contributed by atoms with Crippen LogP contribution < -0.4 is 4.74 Å². The van der Waals surface area contributed by atoms with Crippen molar-refractivity contribution in [3.8, 4) is 5.75 Å². The van der Waals surface area contributed by atoms with Crippen molar-refractivity contribution in [1.29, 1.82) is 0 Å². The predicted octanol–water partition coefficient (Wildman–Crippen LogP) is 3.60. The van der Waals surface area contributed by atoms with E-state index >= 15 is 0 Å². The van der Waals surface area contributed by atoms with Gasteiger partial charge in [-0.3, -0.25) is 0 Å². The van der Waals surface area contributed by atoms with Crippen LogP contribution in [0.1, 0.15) is 12.8 Å². The van der Waals surface area contributed by atoms with Gasteiger partial charge in [0.1, 0.15) is 5.75 Å². The number of rotatable bonds is 3. The van der Waals surface area contributed by atoms with E-state index in [1.54, 1.807) is 11.8 Å². The molecule has 1 aliphatic rings. The zero-order valence-electron chi connectivity index (χ0n) is 7.42. The molecule has 0 saturated heterocycles. The minimum Gasteiger partial charge on any atom is -0.489 e. The van der Waals surface area contributed by atoms with Crippen LogP contribution in [0.3, 0.4) is 0 Å². The maximum absolute atomic E-state index is 5.89. The lowest BCUT2D eigenvalue weighted by Gasteiger charge is -2.08. The van der Waals surface area contributed by atoms with Gasteiger partial charge in [0, 0.05) is 9.92 Å². The summed E-state index contributed by atoms with van der Waals surface area (Å²) in [5, 5.41) is 0.744. The lowest BCUT2D eigenvalue weighted by atomic mass is 10.3. The van der Waals surface area contributed by atoms with E-state index in [0.717, 1.165) is 15.7 Å². The Kier molecular flexibility index (Phi) is 2.70. The van der Waals surface area contributed by atoms with E-state index in [1.807, 2.05) is 24.5 Å². The highest BCUT2D eigenvalue weighted by atomic mass is 35.5. The standard InChI is InChI=1S/C10H11ClOS/c1-13-10-5-2-7(11)6-9(10)12-8-3-4-8/h2,5-6,8H,3-4H2,1H3. The first-order valence-electron chi connectivity index (χ1n) is 4.30. The van der Waals surface area contributed by atoms with Crippen molar-refractivity contribution in [2.45, 2.75) is 23.8 Å². The zero-order chi connectivity index (χ0) is 9.26. The molecule has 1 fully saturated rings. The Hall–Kier alpha value is -0.340. The van der Waals surface area contributed by atoms with Crippen LogP contribution in [0.15, 0.2) is 23.1 Å². The van der Waals surface area contributed by atoms with Crippen LogP contribution in [0.2, 0.25) is 5.02 Å². The van der Waals surface area contributed by atoms with E-state index in [2.05, 4.69) is 0 Å². The Balaban J connectivity index is 2.22. The second-order valence-electron chi connectivity index (χ2n) is 3.11. The predicted molar refractivity (Wildman–Crippen MR) is 56.9 cm³/mol. The maximum atomic E-state index is 5.89. The molecule has 3 heteroatoms. The van der Waals surface area contributed by atoms with E-state index in [1.165, 1.54) is 12.8 Å². The van der Waals surface area contributed by atoms with E-state index in [0.29, 0.717) is 6.10 Å². The fraction of sp³-hybridized carbons (Fsp3) is 0.400. The largest absolute Gasteiger partial charge is 0.489 e. The molecule has 70 valence electrons. The molecular weight excluding hydrogens is 204 g/mol.